The first-order chi connectivity index (χ1) is 14.7. The fourth-order valence-corrected chi connectivity index (χ4v) is 4.36. The Balaban J connectivity index is 1.38. The fourth-order valence-electron chi connectivity index (χ4n) is 4.36. The topological polar surface area (TPSA) is 85.2 Å². The maximum Gasteiger partial charge on any atom is 0.272 e. The molecule has 0 aliphatic carbocycles. The summed E-state index contributed by atoms with van der Waals surface area (Å²) in [5.41, 5.74) is 1.92. The molecule has 1 amide bonds. The second-order valence-electron chi connectivity index (χ2n) is 7.66. The van der Waals surface area contributed by atoms with E-state index >= 15 is 0 Å². The molecule has 150 valence electrons. The SMILES string of the molecule is N#CN1C[C@H]2C[C@@H]1CCN2C(=O)c1cc(-c2ccccc2Oc2ccccc2)n[nH]1. The Kier molecular flexibility index (Phi) is 4.60. The second kappa shape index (κ2) is 7.56. The Morgan fingerprint density at radius 3 is 2.77 bits per heavy atom. The Labute approximate surface area is 174 Å². The number of H-pyrrole nitrogens is 1. The minimum Gasteiger partial charge on any atom is -0.457 e. The molecule has 2 fully saturated rings. The van der Waals surface area contributed by atoms with Crippen molar-refractivity contribution in [3.05, 3.63) is 66.4 Å². The Hall–Kier alpha value is -3.79. The molecule has 1 N–H and O–H groups in total. The van der Waals surface area contributed by atoms with E-state index < -0.39 is 0 Å². The van der Waals surface area contributed by atoms with Crippen LogP contribution in [0.2, 0.25) is 0 Å². The van der Waals surface area contributed by atoms with Gasteiger partial charge in [-0.2, -0.15) is 10.4 Å². The number of nitriles is 1. The molecule has 5 rings (SSSR count). The van der Waals surface area contributed by atoms with E-state index in [2.05, 4.69) is 16.4 Å². The smallest absolute Gasteiger partial charge is 0.272 e. The number of aromatic nitrogens is 2. The zero-order valence-corrected chi connectivity index (χ0v) is 16.4. The number of amides is 1. The highest BCUT2D eigenvalue weighted by Crippen LogP contribution is 2.34. The molecule has 2 atom stereocenters. The number of aromatic amines is 1. The number of carbonyl (C=O) groups is 1. The molecule has 2 bridgehead atoms. The highest BCUT2D eigenvalue weighted by atomic mass is 16.5. The lowest BCUT2D eigenvalue weighted by atomic mass is 10.0. The number of para-hydroxylation sites is 2. The molecule has 7 heteroatoms. The van der Waals surface area contributed by atoms with Crippen molar-refractivity contribution >= 4 is 5.91 Å². The van der Waals surface area contributed by atoms with E-state index in [-0.39, 0.29) is 18.0 Å². The van der Waals surface area contributed by atoms with Crippen LogP contribution in [0, 0.1) is 11.5 Å². The van der Waals surface area contributed by atoms with Gasteiger partial charge in [0, 0.05) is 24.7 Å². The molecule has 3 aromatic rings. The molecule has 0 unspecified atom stereocenters. The molecular weight excluding hydrogens is 378 g/mol. The van der Waals surface area contributed by atoms with Crippen LogP contribution in [0.1, 0.15) is 23.3 Å². The van der Waals surface area contributed by atoms with E-state index in [1.54, 1.807) is 11.0 Å². The van der Waals surface area contributed by atoms with Crippen LogP contribution in [0.4, 0.5) is 0 Å². The van der Waals surface area contributed by atoms with Gasteiger partial charge in [0.15, 0.2) is 6.19 Å². The fraction of sp³-hybridized carbons (Fsp3) is 0.261. The van der Waals surface area contributed by atoms with E-state index in [1.165, 1.54) is 0 Å². The number of piperidine rings is 1. The first-order valence-electron chi connectivity index (χ1n) is 10.1. The van der Waals surface area contributed by atoms with E-state index in [0.717, 1.165) is 24.2 Å². The summed E-state index contributed by atoms with van der Waals surface area (Å²) in [6.07, 6.45) is 3.93. The lowest BCUT2D eigenvalue weighted by Gasteiger charge is -2.31. The van der Waals surface area contributed by atoms with Gasteiger partial charge >= 0.3 is 0 Å². The summed E-state index contributed by atoms with van der Waals surface area (Å²) in [6.45, 7) is 1.27. The molecule has 30 heavy (non-hydrogen) atoms. The number of fused-ring (bicyclic) bond motifs is 2. The number of rotatable bonds is 4. The minimum atomic E-state index is -0.0709. The largest absolute Gasteiger partial charge is 0.457 e. The Bertz CT molecular complexity index is 1100. The summed E-state index contributed by atoms with van der Waals surface area (Å²) in [5.74, 6) is 1.34. The van der Waals surface area contributed by atoms with Crippen molar-refractivity contribution in [2.75, 3.05) is 13.1 Å². The monoisotopic (exact) mass is 399 g/mol. The zero-order chi connectivity index (χ0) is 20.5. The molecular formula is C23H21N5O2. The van der Waals surface area contributed by atoms with E-state index in [1.807, 2.05) is 59.5 Å². The average Bonchev–Trinajstić information content (AvgIpc) is 3.39. The average molecular weight is 399 g/mol. The van der Waals surface area contributed by atoms with Crippen LogP contribution in [0.25, 0.3) is 11.3 Å². The van der Waals surface area contributed by atoms with Crippen molar-refractivity contribution in [2.24, 2.45) is 0 Å². The highest BCUT2D eigenvalue weighted by molar-refractivity contribution is 5.94. The van der Waals surface area contributed by atoms with Crippen LogP contribution in [-0.2, 0) is 0 Å². The molecule has 2 aromatic carbocycles. The molecule has 2 saturated heterocycles. The number of nitrogens with one attached hydrogen (secondary N) is 1. The molecule has 1 aromatic heterocycles. The zero-order valence-electron chi connectivity index (χ0n) is 16.4. The van der Waals surface area contributed by atoms with Gasteiger partial charge in [-0.1, -0.05) is 30.3 Å². The van der Waals surface area contributed by atoms with Crippen LogP contribution >= 0.6 is 0 Å². The van der Waals surface area contributed by atoms with Crippen molar-refractivity contribution in [1.29, 1.82) is 5.26 Å². The molecule has 3 heterocycles. The van der Waals surface area contributed by atoms with Gasteiger partial charge in [-0.05, 0) is 43.2 Å². The van der Waals surface area contributed by atoms with Gasteiger partial charge in [0.1, 0.15) is 17.2 Å². The van der Waals surface area contributed by atoms with Crippen molar-refractivity contribution in [2.45, 2.75) is 24.9 Å². The van der Waals surface area contributed by atoms with E-state index in [9.17, 15) is 10.1 Å². The van der Waals surface area contributed by atoms with Crippen molar-refractivity contribution < 1.29 is 9.53 Å². The quantitative estimate of drug-likeness (QED) is 0.677. The van der Waals surface area contributed by atoms with Crippen molar-refractivity contribution in [1.82, 2.24) is 20.0 Å². The third-order valence-corrected chi connectivity index (χ3v) is 5.87. The minimum absolute atomic E-state index is 0.0709. The van der Waals surface area contributed by atoms with Crippen LogP contribution < -0.4 is 4.74 Å². The maximum absolute atomic E-state index is 13.1. The standard InChI is InChI=1S/C23H21N5O2/c24-15-27-14-17-12-16(27)10-11-28(17)23(29)21-13-20(25-26-21)19-8-4-5-9-22(19)30-18-6-2-1-3-7-18/h1-9,13,16-17H,10-12,14H2,(H,25,26)/t16-,17+/m0/s1. The molecule has 7 nitrogen and oxygen atoms in total. The lowest BCUT2D eigenvalue weighted by Crippen LogP contribution is -2.44. The van der Waals surface area contributed by atoms with Crippen molar-refractivity contribution in [3.63, 3.8) is 0 Å². The van der Waals surface area contributed by atoms with E-state index in [0.29, 0.717) is 30.2 Å². The summed E-state index contributed by atoms with van der Waals surface area (Å²) in [4.78, 5) is 16.8. The third kappa shape index (κ3) is 3.26. The number of benzene rings is 2. The molecule has 2 aliphatic rings. The number of nitrogens with zero attached hydrogens (tertiary/aromatic N) is 4. The first kappa shape index (κ1) is 18.3. The molecule has 0 saturated carbocycles. The number of ether oxygens (including phenoxy) is 1. The molecule has 0 radical (unpaired) electrons. The summed E-state index contributed by atoms with van der Waals surface area (Å²) in [6, 6.07) is 19.3. The number of hydrogen-bond acceptors (Lipinski definition) is 5. The van der Waals surface area contributed by atoms with Gasteiger partial charge in [-0.15, -0.1) is 0 Å². The number of hydrogen-bond donors (Lipinski definition) is 1. The Morgan fingerprint density at radius 2 is 1.93 bits per heavy atom. The van der Waals surface area contributed by atoms with Crippen LogP contribution in [0.15, 0.2) is 60.7 Å². The first-order valence-corrected chi connectivity index (χ1v) is 10.1. The predicted molar refractivity (Wildman–Crippen MR) is 111 cm³/mol. The number of carbonyl (C=O) groups excluding carboxylic acids is 1. The highest BCUT2D eigenvalue weighted by Gasteiger charge is 2.41. The van der Waals surface area contributed by atoms with Gasteiger partial charge in [-0.25, -0.2) is 0 Å². The van der Waals surface area contributed by atoms with Gasteiger partial charge < -0.3 is 14.5 Å². The summed E-state index contributed by atoms with van der Waals surface area (Å²) in [5, 5.41) is 16.5. The van der Waals surface area contributed by atoms with Gasteiger partial charge in [0.05, 0.1) is 11.7 Å². The van der Waals surface area contributed by atoms with Crippen LogP contribution in [0.3, 0.4) is 0 Å². The normalized spacial score (nSPS) is 20.1. The van der Waals surface area contributed by atoms with Crippen LogP contribution in [0.5, 0.6) is 11.5 Å². The van der Waals surface area contributed by atoms with E-state index in [4.69, 9.17) is 4.74 Å². The molecule has 2 aliphatic heterocycles. The summed E-state index contributed by atoms with van der Waals surface area (Å²) in [7, 11) is 0. The van der Waals surface area contributed by atoms with Crippen molar-refractivity contribution in [3.8, 4) is 28.9 Å². The maximum atomic E-state index is 13.1. The summed E-state index contributed by atoms with van der Waals surface area (Å²) >= 11 is 0. The predicted octanol–water partition coefficient (Wildman–Crippen LogP) is 3.64. The number of likely N-dealkylation sites (tertiary alicyclic amines) is 2. The Morgan fingerprint density at radius 1 is 1.13 bits per heavy atom. The second-order valence-corrected chi connectivity index (χ2v) is 7.66. The van der Waals surface area contributed by atoms with Gasteiger partial charge in [-0.3, -0.25) is 9.89 Å². The van der Waals surface area contributed by atoms with Gasteiger partial charge in [0.25, 0.3) is 5.91 Å². The van der Waals surface area contributed by atoms with Crippen LogP contribution in [-0.4, -0.2) is 51.1 Å². The summed E-state index contributed by atoms with van der Waals surface area (Å²) < 4.78 is 6.03. The molecule has 0 spiro atoms. The third-order valence-electron chi connectivity index (χ3n) is 5.87. The van der Waals surface area contributed by atoms with Gasteiger partial charge in [0.2, 0.25) is 0 Å². The lowest BCUT2D eigenvalue weighted by molar-refractivity contribution is 0.0651.